The van der Waals surface area contributed by atoms with Gasteiger partial charge in [0, 0.05) is 12.6 Å². The van der Waals surface area contributed by atoms with Crippen LogP contribution in [0.4, 0.5) is 10.1 Å². The molecule has 112 valence electrons. The van der Waals surface area contributed by atoms with E-state index in [1.807, 2.05) is 6.92 Å². The first kappa shape index (κ1) is 15.3. The summed E-state index contributed by atoms with van der Waals surface area (Å²) in [5, 5.41) is 0. The fourth-order valence-corrected chi connectivity index (χ4v) is 4.62. The van der Waals surface area contributed by atoms with Crippen LogP contribution in [0, 0.1) is 12.7 Å². The number of rotatable bonds is 2. The van der Waals surface area contributed by atoms with Gasteiger partial charge in [0.15, 0.2) is 0 Å². The summed E-state index contributed by atoms with van der Waals surface area (Å²) in [6.07, 6.45) is 3.80. The number of hydrogen-bond acceptors (Lipinski definition) is 3. The van der Waals surface area contributed by atoms with Gasteiger partial charge in [0.1, 0.15) is 5.82 Å². The van der Waals surface area contributed by atoms with Crippen molar-refractivity contribution in [3.63, 3.8) is 0 Å². The minimum absolute atomic E-state index is 0.0341. The van der Waals surface area contributed by atoms with E-state index in [1.165, 1.54) is 16.4 Å². The molecule has 1 aliphatic heterocycles. The molecule has 0 aromatic heterocycles. The molecule has 1 saturated heterocycles. The first-order valence-corrected chi connectivity index (χ1v) is 8.35. The first-order chi connectivity index (χ1) is 9.34. The van der Waals surface area contributed by atoms with Gasteiger partial charge in [-0.05, 0) is 44.4 Å². The normalized spacial score (nSPS) is 21.6. The molecule has 6 heteroatoms. The minimum atomic E-state index is -3.62. The standard InChI is InChI=1S/C14H21FN2O2S/c1-10-8-12(15)13(16)9-14(10)20(18,19)17-7-5-3-4-6-11(17)2/h8-9,11H,3-7,16H2,1-2H3. The Hall–Kier alpha value is -1.14. The number of aryl methyl sites for hydroxylation is 1. The second-order valence-electron chi connectivity index (χ2n) is 5.45. The van der Waals surface area contributed by atoms with E-state index in [0.717, 1.165) is 25.7 Å². The zero-order valence-corrected chi connectivity index (χ0v) is 12.7. The third-order valence-corrected chi connectivity index (χ3v) is 6.03. The fraction of sp³-hybridized carbons (Fsp3) is 0.571. The van der Waals surface area contributed by atoms with Crippen molar-refractivity contribution in [3.8, 4) is 0 Å². The molecule has 2 N–H and O–H groups in total. The van der Waals surface area contributed by atoms with Gasteiger partial charge in [-0.15, -0.1) is 0 Å². The highest BCUT2D eigenvalue weighted by Crippen LogP contribution is 2.28. The molecule has 20 heavy (non-hydrogen) atoms. The molecule has 0 amide bonds. The summed E-state index contributed by atoms with van der Waals surface area (Å²) in [5.74, 6) is -0.578. The van der Waals surface area contributed by atoms with E-state index in [0.29, 0.717) is 12.1 Å². The van der Waals surface area contributed by atoms with Crippen molar-refractivity contribution in [2.45, 2.75) is 50.5 Å². The van der Waals surface area contributed by atoms with Gasteiger partial charge in [-0.2, -0.15) is 4.31 Å². The van der Waals surface area contributed by atoms with Crippen molar-refractivity contribution in [1.82, 2.24) is 4.31 Å². The van der Waals surface area contributed by atoms with Crippen LogP contribution >= 0.6 is 0 Å². The van der Waals surface area contributed by atoms with Crippen molar-refractivity contribution in [3.05, 3.63) is 23.5 Å². The Balaban J connectivity index is 2.46. The number of nitrogens with two attached hydrogens (primary N) is 1. The van der Waals surface area contributed by atoms with Gasteiger partial charge in [-0.1, -0.05) is 12.8 Å². The van der Waals surface area contributed by atoms with E-state index in [-0.39, 0.29) is 16.6 Å². The second-order valence-corrected chi connectivity index (χ2v) is 7.31. The number of benzene rings is 1. The first-order valence-electron chi connectivity index (χ1n) is 6.91. The van der Waals surface area contributed by atoms with Gasteiger partial charge in [0.25, 0.3) is 0 Å². The Morgan fingerprint density at radius 1 is 1.30 bits per heavy atom. The lowest BCUT2D eigenvalue weighted by Crippen LogP contribution is -2.38. The number of nitrogen functional groups attached to an aromatic ring is 1. The Labute approximate surface area is 119 Å². The molecule has 2 rings (SSSR count). The third kappa shape index (κ3) is 2.81. The van der Waals surface area contributed by atoms with E-state index < -0.39 is 15.8 Å². The fourth-order valence-electron chi connectivity index (χ4n) is 2.68. The molecule has 4 nitrogen and oxygen atoms in total. The van der Waals surface area contributed by atoms with Crippen molar-refractivity contribution < 1.29 is 12.8 Å². The average Bonchev–Trinajstić information content (AvgIpc) is 2.58. The lowest BCUT2D eigenvalue weighted by Gasteiger charge is -2.27. The van der Waals surface area contributed by atoms with Crippen molar-refractivity contribution in [2.24, 2.45) is 0 Å². The summed E-state index contributed by atoms with van der Waals surface area (Å²) in [7, 11) is -3.62. The third-order valence-electron chi connectivity index (χ3n) is 3.87. The topological polar surface area (TPSA) is 63.4 Å². The molecule has 1 atom stereocenters. The zero-order valence-electron chi connectivity index (χ0n) is 11.9. The van der Waals surface area contributed by atoms with Crippen molar-refractivity contribution in [1.29, 1.82) is 0 Å². The van der Waals surface area contributed by atoms with Crippen LogP contribution < -0.4 is 5.73 Å². The van der Waals surface area contributed by atoms with Crippen LogP contribution in [0.3, 0.4) is 0 Å². The molecule has 1 heterocycles. The molecule has 0 aliphatic carbocycles. The average molecular weight is 300 g/mol. The van der Waals surface area contributed by atoms with Gasteiger partial charge in [-0.25, -0.2) is 12.8 Å². The Bertz CT molecular complexity index is 601. The van der Waals surface area contributed by atoms with Gasteiger partial charge in [-0.3, -0.25) is 0 Å². The summed E-state index contributed by atoms with van der Waals surface area (Å²) in [6, 6.07) is 2.38. The number of anilines is 1. The van der Waals surface area contributed by atoms with Crippen molar-refractivity contribution >= 4 is 15.7 Å². The number of sulfonamides is 1. The summed E-state index contributed by atoms with van der Waals surface area (Å²) in [5.41, 5.74) is 5.79. The van der Waals surface area contributed by atoms with Gasteiger partial charge in [0.05, 0.1) is 10.6 Å². The maximum absolute atomic E-state index is 13.4. The molecular formula is C14H21FN2O2S. The van der Waals surface area contributed by atoms with Crippen LogP contribution in [0.15, 0.2) is 17.0 Å². The number of halogens is 1. The van der Waals surface area contributed by atoms with E-state index >= 15 is 0 Å². The van der Waals surface area contributed by atoms with Gasteiger partial charge < -0.3 is 5.73 Å². The van der Waals surface area contributed by atoms with Crippen LogP contribution in [0.1, 0.15) is 38.2 Å². The number of hydrogen-bond donors (Lipinski definition) is 1. The number of nitrogens with zero attached hydrogens (tertiary/aromatic N) is 1. The van der Waals surface area contributed by atoms with Gasteiger partial charge in [0.2, 0.25) is 10.0 Å². The highest BCUT2D eigenvalue weighted by Gasteiger charge is 2.31. The molecule has 0 bridgehead atoms. The van der Waals surface area contributed by atoms with Crippen LogP contribution in [-0.2, 0) is 10.0 Å². The predicted octanol–water partition coefficient (Wildman–Crippen LogP) is 2.67. The molecule has 1 fully saturated rings. The molecule has 1 aromatic rings. The summed E-state index contributed by atoms with van der Waals surface area (Å²) in [4.78, 5) is 0.116. The highest BCUT2D eigenvalue weighted by molar-refractivity contribution is 7.89. The van der Waals surface area contributed by atoms with Crippen LogP contribution in [-0.4, -0.2) is 25.3 Å². The molecular weight excluding hydrogens is 279 g/mol. The predicted molar refractivity (Wildman–Crippen MR) is 77.4 cm³/mol. The minimum Gasteiger partial charge on any atom is -0.396 e. The Morgan fingerprint density at radius 2 is 2.00 bits per heavy atom. The summed E-state index contributed by atoms with van der Waals surface area (Å²) in [6.45, 7) is 4.03. The maximum atomic E-state index is 13.4. The van der Waals surface area contributed by atoms with E-state index in [4.69, 9.17) is 5.73 Å². The zero-order chi connectivity index (χ0) is 14.9. The van der Waals surface area contributed by atoms with Crippen LogP contribution in [0.2, 0.25) is 0 Å². The van der Waals surface area contributed by atoms with Gasteiger partial charge >= 0.3 is 0 Å². The lowest BCUT2D eigenvalue weighted by atomic mass is 10.1. The molecule has 1 unspecified atom stereocenters. The smallest absolute Gasteiger partial charge is 0.243 e. The molecule has 0 saturated carbocycles. The molecule has 1 aromatic carbocycles. The van der Waals surface area contributed by atoms with E-state index in [1.54, 1.807) is 6.92 Å². The lowest BCUT2D eigenvalue weighted by molar-refractivity contribution is 0.342. The van der Waals surface area contributed by atoms with E-state index in [9.17, 15) is 12.8 Å². The molecule has 1 aliphatic rings. The summed E-state index contributed by atoms with van der Waals surface area (Å²) >= 11 is 0. The summed E-state index contributed by atoms with van der Waals surface area (Å²) < 4.78 is 40.5. The maximum Gasteiger partial charge on any atom is 0.243 e. The van der Waals surface area contributed by atoms with E-state index in [2.05, 4.69) is 0 Å². The van der Waals surface area contributed by atoms with Crippen molar-refractivity contribution in [2.75, 3.05) is 12.3 Å². The SMILES string of the molecule is Cc1cc(F)c(N)cc1S(=O)(=O)N1CCCCCC1C. The van der Waals surface area contributed by atoms with Crippen LogP contribution in [0.5, 0.6) is 0 Å². The quantitative estimate of drug-likeness (QED) is 0.854. The monoisotopic (exact) mass is 300 g/mol. The second kappa shape index (κ2) is 5.69. The molecule has 0 radical (unpaired) electrons. The Morgan fingerprint density at radius 3 is 2.70 bits per heavy atom. The largest absolute Gasteiger partial charge is 0.396 e. The highest BCUT2D eigenvalue weighted by atomic mass is 32.2. The van der Waals surface area contributed by atoms with Crippen LogP contribution in [0.25, 0.3) is 0 Å². The molecule has 0 spiro atoms. The Kier molecular flexibility index (Phi) is 4.34.